The van der Waals surface area contributed by atoms with Gasteiger partial charge in [-0.25, -0.2) is 0 Å². The van der Waals surface area contributed by atoms with Gasteiger partial charge in [0.25, 0.3) is 5.56 Å². The first kappa shape index (κ1) is 12.9. The number of nitriles is 2. The van der Waals surface area contributed by atoms with Crippen molar-refractivity contribution in [2.24, 2.45) is 0 Å². The number of nitrogens with one attached hydrogen (secondary N) is 1. The highest BCUT2D eigenvalue weighted by molar-refractivity contribution is 7.71. The van der Waals surface area contributed by atoms with E-state index in [4.69, 9.17) is 18.0 Å². The minimum absolute atomic E-state index is 0.0177. The van der Waals surface area contributed by atoms with Gasteiger partial charge in [-0.2, -0.15) is 10.5 Å². The largest absolute Gasteiger partial charge is 0.396 e. The summed E-state index contributed by atoms with van der Waals surface area (Å²) in [4.78, 5) is 14.7. The molecule has 0 aliphatic rings. The molecule has 3 aromatic rings. The Labute approximate surface area is 123 Å². The van der Waals surface area contributed by atoms with Crippen LogP contribution in [0.5, 0.6) is 0 Å². The van der Waals surface area contributed by atoms with E-state index in [1.165, 1.54) is 4.40 Å². The lowest BCUT2D eigenvalue weighted by Gasteiger charge is -2.11. The second-order valence-corrected chi connectivity index (χ2v) is 4.73. The molecule has 6 nitrogen and oxygen atoms in total. The van der Waals surface area contributed by atoms with Gasteiger partial charge in [-0.1, -0.05) is 24.4 Å². The molecule has 0 saturated carbocycles. The molecule has 3 N–H and O–H groups in total. The third kappa shape index (κ3) is 1.62. The predicted molar refractivity (Wildman–Crippen MR) is 80.2 cm³/mol. The molecule has 0 fully saturated rings. The highest BCUT2D eigenvalue weighted by Gasteiger charge is 2.16. The molecule has 0 aliphatic carbocycles. The number of fused-ring (bicyclic) bond motifs is 3. The van der Waals surface area contributed by atoms with Crippen molar-refractivity contribution in [3.8, 4) is 12.1 Å². The van der Waals surface area contributed by atoms with Gasteiger partial charge in [0, 0.05) is 0 Å². The minimum atomic E-state index is -0.347. The first-order valence-electron chi connectivity index (χ1n) is 5.89. The molecular weight excluding hydrogens is 286 g/mol. The number of hydrogen-bond donors (Lipinski definition) is 2. The summed E-state index contributed by atoms with van der Waals surface area (Å²) in [6.45, 7) is 0. The molecule has 21 heavy (non-hydrogen) atoms. The van der Waals surface area contributed by atoms with Gasteiger partial charge in [0.1, 0.15) is 33.6 Å². The van der Waals surface area contributed by atoms with E-state index in [1.807, 2.05) is 12.1 Å². The number of rotatable bonds is 0. The monoisotopic (exact) mass is 293 g/mol. The van der Waals surface area contributed by atoms with Crippen LogP contribution in [0.1, 0.15) is 11.1 Å². The van der Waals surface area contributed by atoms with E-state index in [-0.39, 0.29) is 32.7 Å². The number of nitrogens with zero attached hydrogens (tertiary/aromatic N) is 3. The minimum Gasteiger partial charge on any atom is -0.396 e. The lowest BCUT2D eigenvalue weighted by molar-refractivity contribution is 1.10. The van der Waals surface area contributed by atoms with Crippen molar-refractivity contribution in [1.82, 2.24) is 9.38 Å². The lowest BCUT2D eigenvalue weighted by atomic mass is 10.1. The molecular formula is C14H7N5OS. The molecule has 1 aromatic carbocycles. The number of nitrogens with two attached hydrogens (primary N) is 1. The third-order valence-electron chi connectivity index (χ3n) is 3.26. The van der Waals surface area contributed by atoms with Gasteiger partial charge in [-0.3, -0.25) is 9.20 Å². The molecule has 0 spiro atoms. The summed E-state index contributed by atoms with van der Waals surface area (Å²) < 4.78 is 1.66. The maximum atomic E-state index is 12.1. The first-order chi connectivity index (χ1) is 10.1. The molecule has 3 rings (SSSR count). The van der Waals surface area contributed by atoms with Crippen LogP contribution in [0.25, 0.3) is 16.6 Å². The van der Waals surface area contributed by atoms with Crippen LogP contribution in [0.4, 0.5) is 5.69 Å². The second kappa shape index (κ2) is 4.44. The van der Waals surface area contributed by atoms with Crippen molar-refractivity contribution < 1.29 is 0 Å². The Bertz CT molecular complexity index is 1110. The van der Waals surface area contributed by atoms with E-state index in [0.29, 0.717) is 10.9 Å². The van der Waals surface area contributed by atoms with E-state index in [2.05, 4.69) is 4.98 Å². The molecule has 0 aliphatic heterocycles. The Morgan fingerprint density at radius 1 is 1.19 bits per heavy atom. The van der Waals surface area contributed by atoms with Crippen LogP contribution in [0.2, 0.25) is 0 Å². The van der Waals surface area contributed by atoms with E-state index in [0.717, 1.165) is 0 Å². The van der Waals surface area contributed by atoms with Gasteiger partial charge in [-0.15, -0.1) is 0 Å². The smallest absolute Gasteiger partial charge is 0.258 e. The summed E-state index contributed by atoms with van der Waals surface area (Å²) >= 11 is 5.29. The molecule has 7 heteroatoms. The number of H-pyrrole nitrogens is 1. The maximum absolute atomic E-state index is 12.1. The average Bonchev–Trinajstić information content (AvgIpc) is 2.48. The zero-order chi connectivity index (χ0) is 15.1. The number of pyridine rings is 1. The van der Waals surface area contributed by atoms with Crippen molar-refractivity contribution in [1.29, 1.82) is 10.5 Å². The van der Waals surface area contributed by atoms with E-state index >= 15 is 0 Å². The molecule has 0 amide bonds. The highest BCUT2D eigenvalue weighted by Crippen LogP contribution is 2.24. The fourth-order valence-corrected chi connectivity index (χ4v) is 2.64. The second-order valence-electron chi connectivity index (χ2n) is 4.35. The number of hydrogen-bond acceptors (Lipinski definition) is 5. The van der Waals surface area contributed by atoms with Crippen molar-refractivity contribution >= 4 is 34.5 Å². The third-order valence-corrected chi connectivity index (χ3v) is 3.65. The number of benzene rings is 1. The van der Waals surface area contributed by atoms with Crippen LogP contribution in [0.3, 0.4) is 0 Å². The number of aromatic nitrogens is 2. The Balaban J connectivity index is 2.82. The molecule has 2 heterocycles. The first-order valence-corrected chi connectivity index (χ1v) is 6.30. The highest BCUT2D eigenvalue weighted by atomic mass is 32.1. The van der Waals surface area contributed by atoms with Crippen LogP contribution >= 0.6 is 12.2 Å². The summed E-state index contributed by atoms with van der Waals surface area (Å²) in [7, 11) is 0. The Kier molecular flexibility index (Phi) is 2.72. The lowest BCUT2D eigenvalue weighted by Crippen LogP contribution is -2.14. The van der Waals surface area contributed by atoms with Crippen molar-refractivity contribution in [3.63, 3.8) is 0 Å². The van der Waals surface area contributed by atoms with E-state index in [9.17, 15) is 15.3 Å². The average molecular weight is 293 g/mol. The summed E-state index contributed by atoms with van der Waals surface area (Å²) in [6.07, 6.45) is 0. The van der Waals surface area contributed by atoms with Crippen molar-refractivity contribution in [2.75, 3.05) is 5.73 Å². The molecule has 2 aromatic heterocycles. The number of anilines is 1. The fourth-order valence-electron chi connectivity index (χ4n) is 2.30. The SMILES string of the molecule is N#Cc1c(N)c(C#N)c2[nH]c(=O)c3ccccc3n2c1=S. The predicted octanol–water partition coefficient (Wildman–Crippen LogP) is 1.84. The standard InChI is InChI=1S/C14H7N5OS/c15-5-8-11(17)9(6-16)14(21)19-10-4-2-1-3-7(10)13(20)18-12(8)19/h1-4H,17H2,(H,18,20). The molecule has 0 atom stereocenters. The zero-order valence-corrected chi connectivity index (χ0v) is 11.4. The van der Waals surface area contributed by atoms with Gasteiger partial charge in [0.2, 0.25) is 0 Å². The van der Waals surface area contributed by atoms with Crippen LogP contribution in [-0.4, -0.2) is 9.38 Å². The molecule has 100 valence electrons. The molecule has 0 radical (unpaired) electrons. The van der Waals surface area contributed by atoms with E-state index in [1.54, 1.807) is 24.3 Å². The summed E-state index contributed by atoms with van der Waals surface area (Å²) in [5.41, 5.74) is 6.26. The van der Waals surface area contributed by atoms with Crippen molar-refractivity contribution in [2.45, 2.75) is 0 Å². The normalized spacial score (nSPS) is 10.4. The van der Waals surface area contributed by atoms with E-state index < -0.39 is 0 Å². The van der Waals surface area contributed by atoms with Gasteiger partial charge in [0.15, 0.2) is 0 Å². The maximum Gasteiger partial charge on any atom is 0.258 e. The number of aromatic amines is 1. The Morgan fingerprint density at radius 3 is 2.52 bits per heavy atom. The zero-order valence-electron chi connectivity index (χ0n) is 10.5. The number of nitrogen functional groups attached to an aromatic ring is 1. The van der Waals surface area contributed by atoms with Crippen molar-refractivity contribution in [3.05, 3.63) is 50.4 Å². The Morgan fingerprint density at radius 2 is 1.86 bits per heavy atom. The van der Waals surface area contributed by atoms with Crippen LogP contribution in [-0.2, 0) is 0 Å². The quantitative estimate of drug-likeness (QED) is 0.485. The topological polar surface area (TPSA) is 111 Å². The van der Waals surface area contributed by atoms with Crippen LogP contribution in [0.15, 0.2) is 29.1 Å². The molecule has 0 saturated heterocycles. The van der Waals surface area contributed by atoms with Gasteiger partial charge in [0.05, 0.1) is 16.6 Å². The number of para-hydroxylation sites is 1. The van der Waals surface area contributed by atoms with Gasteiger partial charge >= 0.3 is 0 Å². The fraction of sp³-hybridized carbons (Fsp3) is 0. The summed E-state index contributed by atoms with van der Waals surface area (Å²) in [5.74, 6) is 0. The van der Waals surface area contributed by atoms with Gasteiger partial charge in [-0.05, 0) is 12.1 Å². The summed E-state index contributed by atoms with van der Waals surface area (Å²) in [6, 6.07) is 10.6. The summed E-state index contributed by atoms with van der Waals surface area (Å²) in [5, 5.41) is 18.9. The molecule has 0 bridgehead atoms. The van der Waals surface area contributed by atoms with Gasteiger partial charge < -0.3 is 10.7 Å². The molecule has 0 unspecified atom stereocenters. The Hall–Kier alpha value is -3.16. The van der Waals surface area contributed by atoms with Crippen LogP contribution < -0.4 is 11.3 Å². The van der Waals surface area contributed by atoms with Crippen LogP contribution in [0, 0.1) is 27.3 Å².